The Labute approximate surface area is 167 Å². The Morgan fingerprint density at radius 1 is 1.32 bits per heavy atom. The number of rotatable bonds is 8. The first kappa shape index (κ1) is 20.1. The molecule has 1 fully saturated rings. The van der Waals surface area contributed by atoms with Gasteiger partial charge in [0.15, 0.2) is 0 Å². The lowest BCUT2D eigenvalue weighted by Crippen LogP contribution is -2.39. The zero-order chi connectivity index (χ0) is 19.9. The molecule has 0 saturated carbocycles. The molecule has 10 nitrogen and oxygen atoms in total. The summed E-state index contributed by atoms with van der Waals surface area (Å²) in [6.45, 7) is 4.32. The number of morpholine rings is 1. The van der Waals surface area contributed by atoms with Crippen LogP contribution in [0.5, 0.6) is 5.75 Å². The second-order valence-corrected chi connectivity index (χ2v) is 6.46. The largest absolute Gasteiger partial charge is 0.495 e. The van der Waals surface area contributed by atoms with E-state index in [1.165, 1.54) is 13.4 Å². The number of hydrogen-bond donors (Lipinski definition) is 2. The summed E-state index contributed by atoms with van der Waals surface area (Å²) >= 11 is 6.03. The van der Waals surface area contributed by atoms with Gasteiger partial charge in [0.2, 0.25) is 11.6 Å². The number of nitrogens with one attached hydrogen (secondary N) is 2. The third kappa shape index (κ3) is 4.97. The van der Waals surface area contributed by atoms with Gasteiger partial charge < -0.3 is 20.1 Å². The first-order chi connectivity index (χ1) is 13.6. The molecule has 0 radical (unpaired) electrons. The third-order valence-electron chi connectivity index (χ3n) is 4.24. The highest BCUT2D eigenvalue weighted by Crippen LogP contribution is 2.35. The number of hydrogen-bond acceptors (Lipinski definition) is 9. The quantitative estimate of drug-likeness (QED) is 0.502. The standard InChI is InChI=1S/C17H21ClN6O4/c1-27-14-3-2-12(18)10-13(14)22-17-15(24(25)26)16(20-11-21-17)19-4-5-23-6-8-28-9-7-23/h2-3,10-11H,4-9H2,1H3,(H2,19,20,21,22). The molecule has 1 aromatic carbocycles. The highest BCUT2D eigenvalue weighted by molar-refractivity contribution is 6.31. The topological polar surface area (TPSA) is 115 Å². The molecule has 1 aliphatic rings. The van der Waals surface area contributed by atoms with Crippen LogP contribution in [0.4, 0.5) is 23.0 Å². The van der Waals surface area contributed by atoms with Crippen LogP contribution in [0.3, 0.4) is 0 Å². The molecule has 0 bridgehead atoms. The van der Waals surface area contributed by atoms with Crippen molar-refractivity contribution in [2.24, 2.45) is 0 Å². The Morgan fingerprint density at radius 3 is 2.79 bits per heavy atom. The van der Waals surface area contributed by atoms with Gasteiger partial charge >= 0.3 is 5.69 Å². The van der Waals surface area contributed by atoms with Crippen molar-refractivity contribution in [1.82, 2.24) is 14.9 Å². The van der Waals surface area contributed by atoms with Gasteiger partial charge in [0.05, 0.1) is 30.9 Å². The van der Waals surface area contributed by atoms with Gasteiger partial charge in [0.1, 0.15) is 12.1 Å². The molecular formula is C17H21ClN6O4. The van der Waals surface area contributed by atoms with Gasteiger partial charge in [0, 0.05) is 31.2 Å². The molecule has 1 aromatic heterocycles. The Balaban J connectivity index is 1.77. The first-order valence-corrected chi connectivity index (χ1v) is 9.10. The average Bonchev–Trinajstić information content (AvgIpc) is 2.69. The van der Waals surface area contributed by atoms with E-state index in [1.807, 2.05) is 0 Å². The van der Waals surface area contributed by atoms with Crippen LogP contribution in [0.2, 0.25) is 5.02 Å². The van der Waals surface area contributed by atoms with Gasteiger partial charge in [-0.2, -0.15) is 0 Å². The van der Waals surface area contributed by atoms with Crippen LogP contribution in [-0.4, -0.2) is 66.3 Å². The summed E-state index contributed by atoms with van der Waals surface area (Å²) in [6, 6.07) is 4.94. The zero-order valence-corrected chi connectivity index (χ0v) is 16.1. The van der Waals surface area contributed by atoms with E-state index in [2.05, 4.69) is 25.5 Å². The highest BCUT2D eigenvalue weighted by atomic mass is 35.5. The summed E-state index contributed by atoms with van der Waals surface area (Å²) in [7, 11) is 1.50. The minimum Gasteiger partial charge on any atom is -0.495 e. The number of benzene rings is 1. The molecular weight excluding hydrogens is 388 g/mol. The van der Waals surface area contributed by atoms with Crippen molar-refractivity contribution in [2.75, 3.05) is 57.1 Å². The minimum atomic E-state index is -0.517. The number of nitro groups is 1. The maximum atomic E-state index is 11.7. The van der Waals surface area contributed by atoms with Crippen molar-refractivity contribution in [3.63, 3.8) is 0 Å². The normalized spacial score (nSPS) is 14.5. The Kier molecular flexibility index (Phi) is 6.80. The van der Waals surface area contributed by atoms with Crippen LogP contribution < -0.4 is 15.4 Å². The van der Waals surface area contributed by atoms with Crippen LogP contribution in [0.15, 0.2) is 24.5 Å². The van der Waals surface area contributed by atoms with E-state index in [1.54, 1.807) is 18.2 Å². The van der Waals surface area contributed by atoms with Crippen LogP contribution in [0.25, 0.3) is 0 Å². The molecule has 3 rings (SSSR count). The first-order valence-electron chi connectivity index (χ1n) is 8.72. The molecule has 2 heterocycles. The van der Waals surface area contributed by atoms with Crippen LogP contribution in [0, 0.1) is 10.1 Å². The van der Waals surface area contributed by atoms with E-state index < -0.39 is 4.92 Å². The van der Waals surface area contributed by atoms with Gasteiger partial charge in [-0.05, 0) is 18.2 Å². The number of ether oxygens (including phenoxy) is 2. The van der Waals surface area contributed by atoms with Gasteiger partial charge in [-0.15, -0.1) is 0 Å². The molecule has 11 heteroatoms. The second kappa shape index (κ2) is 9.49. The van der Waals surface area contributed by atoms with Crippen molar-refractivity contribution >= 4 is 34.6 Å². The molecule has 0 atom stereocenters. The molecule has 28 heavy (non-hydrogen) atoms. The Hall–Kier alpha value is -2.69. The number of methoxy groups -OCH3 is 1. The molecule has 2 N–H and O–H groups in total. The predicted octanol–water partition coefficient (Wildman–Crippen LogP) is 2.53. The van der Waals surface area contributed by atoms with Crippen molar-refractivity contribution in [3.05, 3.63) is 39.7 Å². The van der Waals surface area contributed by atoms with E-state index >= 15 is 0 Å². The van der Waals surface area contributed by atoms with Crippen molar-refractivity contribution in [2.45, 2.75) is 0 Å². The van der Waals surface area contributed by atoms with Crippen molar-refractivity contribution < 1.29 is 14.4 Å². The average molecular weight is 409 g/mol. The molecule has 0 aliphatic carbocycles. The Morgan fingerprint density at radius 2 is 2.07 bits per heavy atom. The summed E-state index contributed by atoms with van der Waals surface area (Å²) in [5.74, 6) is 0.685. The summed E-state index contributed by atoms with van der Waals surface area (Å²) in [4.78, 5) is 21.5. The monoisotopic (exact) mass is 408 g/mol. The minimum absolute atomic E-state index is 0.0504. The van der Waals surface area contributed by atoms with Crippen molar-refractivity contribution in [1.29, 1.82) is 0 Å². The third-order valence-corrected chi connectivity index (χ3v) is 4.48. The number of nitrogens with zero attached hydrogens (tertiary/aromatic N) is 4. The molecule has 0 amide bonds. The number of anilines is 3. The van der Waals surface area contributed by atoms with Crippen molar-refractivity contribution in [3.8, 4) is 5.75 Å². The van der Waals surface area contributed by atoms with Crippen LogP contribution in [-0.2, 0) is 4.74 Å². The lowest BCUT2D eigenvalue weighted by atomic mass is 10.3. The summed E-state index contributed by atoms with van der Waals surface area (Å²) < 4.78 is 10.6. The molecule has 0 unspecified atom stereocenters. The lowest BCUT2D eigenvalue weighted by Gasteiger charge is -2.26. The van der Waals surface area contributed by atoms with Gasteiger partial charge in [-0.1, -0.05) is 11.6 Å². The summed E-state index contributed by atoms with van der Waals surface area (Å²) in [5, 5.41) is 18.1. The smallest absolute Gasteiger partial charge is 0.353 e. The molecule has 1 aliphatic heterocycles. The fourth-order valence-corrected chi connectivity index (χ4v) is 3.01. The maximum Gasteiger partial charge on any atom is 0.353 e. The second-order valence-electron chi connectivity index (χ2n) is 6.03. The van der Waals surface area contributed by atoms with E-state index in [0.29, 0.717) is 36.2 Å². The van der Waals surface area contributed by atoms with Crippen LogP contribution >= 0.6 is 11.6 Å². The van der Waals surface area contributed by atoms with E-state index in [0.717, 1.165) is 19.6 Å². The molecule has 0 spiro atoms. The van der Waals surface area contributed by atoms with Gasteiger partial charge in [-0.3, -0.25) is 15.0 Å². The lowest BCUT2D eigenvalue weighted by molar-refractivity contribution is -0.383. The van der Waals surface area contributed by atoms with Crippen LogP contribution in [0.1, 0.15) is 0 Å². The fourth-order valence-electron chi connectivity index (χ4n) is 2.84. The fraction of sp³-hybridized carbons (Fsp3) is 0.412. The SMILES string of the molecule is COc1ccc(Cl)cc1Nc1ncnc(NCCN2CCOCC2)c1[N+](=O)[O-]. The van der Waals surface area contributed by atoms with E-state index in [9.17, 15) is 10.1 Å². The number of halogens is 1. The molecule has 2 aromatic rings. The van der Waals surface area contributed by atoms with Gasteiger partial charge in [0.25, 0.3) is 0 Å². The van der Waals surface area contributed by atoms with E-state index in [-0.39, 0.29) is 17.3 Å². The predicted molar refractivity (Wildman–Crippen MR) is 106 cm³/mol. The maximum absolute atomic E-state index is 11.7. The Bertz CT molecular complexity index is 831. The summed E-state index contributed by atoms with van der Waals surface area (Å²) in [6.07, 6.45) is 1.27. The van der Waals surface area contributed by atoms with Gasteiger partial charge in [-0.25, -0.2) is 9.97 Å². The zero-order valence-electron chi connectivity index (χ0n) is 15.4. The highest BCUT2D eigenvalue weighted by Gasteiger charge is 2.24. The molecule has 150 valence electrons. The summed E-state index contributed by atoms with van der Waals surface area (Å²) in [5.41, 5.74) is 0.225. The molecule has 1 saturated heterocycles. The number of aromatic nitrogens is 2. The van der Waals surface area contributed by atoms with E-state index in [4.69, 9.17) is 21.1 Å².